The Morgan fingerprint density at radius 3 is 3.17 bits per heavy atom. The van der Waals surface area contributed by atoms with Crippen molar-refractivity contribution < 1.29 is 9.50 Å². The van der Waals surface area contributed by atoms with E-state index in [1.165, 1.54) is 0 Å². The van der Waals surface area contributed by atoms with Crippen LogP contribution < -0.4 is 0 Å². The van der Waals surface area contributed by atoms with Gasteiger partial charge in [-0.25, -0.2) is 4.39 Å². The second-order valence-electron chi connectivity index (χ2n) is 3.58. The average molecular weight is 171 g/mol. The minimum atomic E-state index is 0.0230. The molecule has 0 spiro atoms. The lowest BCUT2D eigenvalue weighted by Gasteiger charge is -2.30. The highest BCUT2D eigenvalue weighted by Gasteiger charge is 2.33. The van der Waals surface area contributed by atoms with Crippen LogP contribution in [0.5, 0.6) is 0 Å². The van der Waals surface area contributed by atoms with Crippen molar-refractivity contribution in [1.82, 2.24) is 4.90 Å². The van der Waals surface area contributed by atoms with Gasteiger partial charge in [-0.05, 0) is 18.9 Å². The molecule has 12 heavy (non-hydrogen) atoms. The topological polar surface area (TPSA) is 23.5 Å². The van der Waals surface area contributed by atoms with E-state index < -0.39 is 0 Å². The molecule has 0 aliphatic carbocycles. The van der Waals surface area contributed by atoms with Crippen molar-refractivity contribution in [3.63, 3.8) is 0 Å². The minimum Gasteiger partial charge on any atom is -0.395 e. The van der Waals surface area contributed by atoms with E-state index in [-0.39, 0.29) is 24.5 Å². The van der Waals surface area contributed by atoms with Crippen molar-refractivity contribution >= 4 is 0 Å². The summed E-state index contributed by atoms with van der Waals surface area (Å²) >= 11 is 0. The highest BCUT2D eigenvalue weighted by atomic mass is 19.1. The molecule has 0 saturated carbocycles. The van der Waals surface area contributed by atoms with Gasteiger partial charge in [0.2, 0.25) is 0 Å². The third-order valence-corrected chi connectivity index (χ3v) is 2.88. The third kappa shape index (κ3) is 1.27. The molecule has 0 bridgehead atoms. The molecule has 2 heterocycles. The van der Waals surface area contributed by atoms with Gasteiger partial charge in [0.05, 0.1) is 12.4 Å². The Bertz CT molecular complexity index is 205. The fraction of sp³-hybridized carbons (Fsp3) is 0.778. The lowest BCUT2D eigenvalue weighted by molar-refractivity contribution is 0.134. The first-order valence-electron chi connectivity index (χ1n) is 4.54. The summed E-state index contributed by atoms with van der Waals surface area (Å²) in [4.78, 5) is 2.21. The molecule has 2 aliphatic heterocycles. The standard InChI is InChI=1S/C9H14FNO/c10-7-3-4-11-8(5-7)1-2-9(11)6-12/h5,8-9,12H,1-4,6H2/t8?,9-/m0/s1. The molecule has 1 N–H and O–H groups in total. The van der Waals surface area contributed by atoms with Gasteiger partial charge in [0.1, 0.15) is 0 Å². The van der Waals surface area contributed by atoms with E-state index in [0.717, 1.165) is 19.4 Å². The second-order valence-corrected chi connectivity index (χ2v) is 3.58. The van der Waals surface area contributed by atoms with E-state index in [1.54, 1.807) is 6.08 Å². The molecule has 2 aliphatic rings. The first kappa shape index (κ1) is 8.20. The van der Waals surface area contributed by atoms with Crippen LogP contribution in [0.15, 0.2) is 11.9 Å². The van der Waals surface area contributed by atoms with Gasteiger partial charge in [0.15, 0.2) is 0 Å². The van der Waals surface area contributed by atoms with Crippen LogP contribution in [0.4, 0.5) is 4.39 Å². The molecule has 0 amide bonds. The largest absolute Gasteiger partial charge is 0.395 e. The summed E-state index contributed by atoms with van der Waals surface area (Å²) in [5.74, 6) is 0.0230. The number of aliphatic hydroxyl groups excluding tert-OH is 1. The van der Waals surface area contributed by atoms with Crippen LogP contribution in [0.3, 0.4) is 0 Å². The van der Waals surface area contributed by atoms with Gasteiger partial charge in [-0.2, -0.15) is 0 Å². The quantitative estimate of drug-likeness (QED) is 0.638. The van der Waals surface area contributed by atoms with Gasteiger partial charge in [-0.3, -0.25) is 4.90 Å². The van der Waals surface area contributed by atoms with Gasteiger partial charge in [0, 0.05) is 25.0 Å². The maximum atomic E-state index is 12.8. The number of hydrogen-bond donors (Lipinski definition) is 1. The molecule has 1 unspecified atom stereocenters. The predicted molar refractivity (Wildman–Crippen MR) is 44.4 cm³/mol. The smallest absolute Gasteiger partial charge is 0.0988 e. The second kappa shape index (κ2) is 3.15. The van der Waals surface area contributed by atoms with Crippen molar-refractivity contribution in [3.05, 3.63) is 11.9 Å². The maximum Gasteiger partial charge on any atom is 0.0988 e. The van der Waals surface area contributed by atoms with E-state index in [2.05, 4.69) is 4.90 Å². The van der Waals surface area contributed by atoms with Crippen LogP contribution in [0.2, 0.25) is 0 Å². The number of aliphatic hydroxyl groups is 1. The summed E-state index contributed by atoms with van der Waals surface area (Å²) in [5, 5.41) is 9.01. The van der Waals surface area contributed by atoms with Gasteiger partial charge in [-0.15, -0.1) is 0 Å². The van der Waals surface area contributed by atoms with Crippen molar-refractivity contribution in [2.24, 2.45) is 0 Å². The molecule has 0 radical (unpaired) electrons. The van der Waals surface area contributed by atoms with Gasteiger partial charge < -0.3 is 5.11 Å². The van der Waals surface area contributed by atoms with E-state index in [0.29, 0.717) is 6.42 Å². The van der Waals surface area contributed by atoms with Crippen molar-refractivity contribution in [3.8, 4) is 0 Å². The summed E-state index contributed by atoms with van der Waals surface area (Å²) in [7, 11) is 0. The Hall–Kier alpha value is -0.410. The number of halogens is 1. The average Bonchev–Trinajstić information content (AvgIpc) is 2.46. The van der Waals surface area contributed by atoms with Crippen LogP contribution in [0, 0.1) is 0 Å². The Morgan fingerprint density at radius 1 is 1.58 bits per heavy atom. The summed E-state index contributed by atoms with van der Waals surface area (Å²) in [6, 6.07) is 0.537. The molecule has 1 fully saturated rings. The van der Waals surface area contributed by atoms with Crippen LogP contribution in [0.1, 0.15) is 19.3 Å². The van der Waals surface area contributed by atoms with Crippen LogP contribution in [-0.2, 0) is 0 Å². The van der Waals surface area contributed by atoms with E-state index in [4.69, 9.17) is 5.11 Å². The molecular weight excluding hydrogens is 157 g/mol. The fourth-order valence-electron chi connectivity index (χ4n) is 2.22. The Labute approximate surface area is 71.7 Å². The first-order valence-corrected chi connectivity index (χ1v) is 4.54. The predicted octanol–water partition coefficient (Wildman–Crippen LogP) is 1.07. The summed E-state index contributed by atoms with van der Waals surface area (Å²) < 4.78 is 12.8. The molecular formula is C9H14FNO. The summed E-state index contributed by atoms with van der Waals surface area (Å²) in [5.41, 5.74) is 0. The highest BCUT2D eigenvalue weighted by Crippen LogP contribution is 2.30. The lowest BCUT2D eigenvalue weighted by atomic mass is 10.1. The molecule has 2 rings (SSSR count). The minimum absolute atomic E-state index is 0.0230. The highest BCUT2D eigenvalue weighted by molar-refractivity contribution is 5.09. The van der Waals surface area contributed by atoms with E-state index in [9.17, 15) is 4.39 Å². The van der Waals surface area contributed by atoms with Gasteiger partial charge in [0.25, 0.3) is 0 Å². The van der Waals surface area contributed by atoms with Crippen LogP contribution >= 0.6 is 0 Å². The number of rotatable bonds is 1. The zero-order valence-corrected chi connectivity index (χ0v) is 7.04. The van der Waals surface area contributed by atoms with Crippen molar-refractivity contribution in [2.45, 2.75) is 31.3 Å². The zero-order chi connectivity index (χ0) is 8.55. The molecule has 2 nitrogen and oxygen atoms in total. The van der Waals surface area contributed by atoms with Crippen LogP contribution in [0.25, 0.3) is 0 Å². The maximum absolute atomic E-state index is 12.8. The Kier molecular flexibility index (Phi) is 2.15. The Balaban J connectivity index is 2.09. The van der Waals surface area contributed by atoms with Crippen molar-refractivity contribution in [1.29, 1.82) is 0 Å². The van der Waals surface area contributed by atoms with E-state index in [1.807, 2.05) is 0 Å². The molecule has 3 heteroatoms. The van der Waals surface area contributed by atoms with Gasteiger partial charge >= 0.3 is 0 Å². The monoisotopic (exact) mass is 171 g/mol. The molecule has 2 atom stereocenters. The SMILES string of the molecule is OC[C@@H]1CCC2C=C(F)CCN21. The molecule has 68 valence electrons. The zero-order valence-electron chi connectivity index (χ0n) is 7.04. The normalized spacial score (nSPS) is 36.3. The third-order valence-electron chi connectivity index (χ3n) is 2.88. The molecule has 0 aromatic rings. The summed E-state index contributed by atoms with van der Waals surface area (Å²) in [6.07, 6.45) is 4.23. The Morgan fingerprint density at radius 2 is 2.42 bits per heavy atom. The number of hydrogen-bond acceptors (Lipinski definition) is 2. The summed E-state index contributed by atoms with van der Waals surface area (Å²) in [6.45, 7) is 0.990. The van der Waals surface area contributed by atoms with Crippen molar-refractivity contribution in [2.75, 3.05) is 13.2 Å². The van der Waals surface area contributed by atoms with Gasteiger partial charge in [-0.1, -0.05) is 0 Å². The number of fused-ring (bicyclic) bond motifs is 1. The van der Waals surface area contributed by atoms with E-state index >= 15 is 0 Å². The fourth-order valence-corrected chi connectivity index (χ4v) is 2.22. The molecule has 0 aromatic heterocycles. The first-order chi connectivity index (χ1) is 5.81. The lowest BCUT2D eigenvalue weighted by Crippen LogP contribution is -2.40. The number of nitrogens with zero attached hydrogens (tertiary/aromatic N) is 1. The molecule has 1 saturated heterocycles. The molecule has 0 aromatic carbocycles. The van der Waals surface area contributed by atoms with Crippen LogP contribution in [-0.4, -0.2) is 35.2 Å².